The molecule has 1 aromatic carbocycles. The standard InChI is InChI=1S/C18H19N3O5/c1-4-25-17(23)12-6-13(18(24)26-5-2)8-14(7-12)21-16(22)15-10-19-11(3)9-20-15/h6-10H,4-5H2,1-3H3,(H,21,22). The molecular formula is C18H19N3O5. The maximum Gasteiger partial charge on any atom is 0.338 e. The number of aryl methyl sites for hydroxylation is 1. The van der Waals surface area contributed by atoms with Crippen LogP contribution in [0.25, 0.3) is 0 Å². The van der Waals surface area contributed by atoms with Gasteiger partial charge in [0.2, 0.25) is 0 Å². The predicted molar refractivity (Wildman–Crippen MR) is 93.1 cm³/mol. The summed E-state index contributed by atoms with van der Waals surface area (Å²) in [6.45, 7) is 5.47. The zero-order valence-corrected chi connectivity index (χ0v) is 14.7. The molecule has 8 nitrogen and oxygen atoms in total. The van der Waals surface area contributed by atoms with Gasteiger partial charge in [0.1, 0.15) is 5.69 Å². The Hall–Kier alpha value is -3.29. The zero-order chi connectivity index (χ0) is 19.1. The second-order valence-corrected chi connectivity index (χ2v) is 5.24. The number of hydrogen-bond donors (Lipinski definition) is 1. The Morgan fingerprint density at radius 1 is 0.923 bits per heavy atom. The Morgan fingerprint density at radius 3 is 1.96 bits per heavy atom. The first-order valence-corrected chi connectivity index (χ1v) is 8.04. The molecule has 26 heavy (non-hydrogen) atoms. The molecule has 136 valence electrons. The molecule has 0 unspecified atom stereocenters. The van der Waals surface area contributed by atoms with Gasteiger partial charge in [-0.2, -0.15) is 0 Å². The number of amides is 1. The van der Waals surface area contributed by atoms with Crippen LogP contribution in [0.3, 0.4) is 0 Å². The van der Waals surface area contributed by atoms with Crippen LogP contribution in [0.4, 0.5) is 5.69 Å². The Labute approximate surface area is 150 Å². The number of hydrogen-bond acceptors (Lipinski definition) is 7. The highest BCUT2D eigenvalue weighted by Crippen LogP contribution is 2.18. The molecule has 0 bridgehead atoms. The molecule has 2 rings (SSSR count). The SMILES string of the molecule is CCOC(=O)c1cc(NC(=O)c2cnc(C)cn2)cc(C(=O)OCC)c1. The summed E-state index contributed by atoms with van der Waals surface area (Å²) in [5.74, 6) is -1.73. The fraction of sp³-hybridized carbons (Fsp3) is 0.278. The van der Waals surface area contributed by atoms with Gasteiger partial charge >= 0.3 is 11.9 Å². The quantitative estimate of drug-likeness (QED) is 0.791. The van der Waals surface area contributed by atoms with Crippen molar-refractivity contribution in [1.29, 1.82) is 0 Å². The number of ether oxygens (including phenoxy) is 2. The van der Waals surface area contributed by atoms with Gasteiger partial charge in [0.15, 0.2) is 0 Å². The molecule has 1 amide bonds. The molecule has 0 atom stereocenters. The largest absolute Gasteiger partial charge is 0.462 e. The van der Waals surface area contributed by atoms with E-state index in [4.69, 9.17) is 9.47 Å². The van der Waals surface area contributed by atoms with E-state index in [-0.39, 0.29) is 35.7 Å². The Morgan fingerprint density at radius 2 is 1.50 bits per heavy atom. The molecule has 0 aliphatic heterocycles. The first-order valence-electron chi connectivity index (χ1n) is 8.04. The maximum atomic E-state index is 12.3. The molecule has 0 saturated carbocycles. The molecule has 1 N–H and O–H groups in total. The van der Waals surface area contributed by atoms with E-state index in [1.54, 1.807) is 20.8 Å². The lowest BCUT2D eigenvalue weighted by atomic mass is 10.1. The van der Waals surface area contributed by atoms with E-state index < -0.39 is 17.8 Å². The zero-order valence-electron chi connectivity index (χ0n) is 14.7. The molecule has 0 aliphatic rings. The molecule has 1 aromatic heterocycles. The predicted octanol–water partition coefficient (Wildman–Crippen LogP) is 2.39. The monoisotopic (exact) mass is 357 g/mol. The Kier molecular flexibility index (Phi) is 6.37. The summed E-state index contributed by atoms with van der Waals surface area (Å²) < 4.78 is 9.91. The highest BCUT2D eigenvalue weighted by atomic mass is 16.5. The molecule has 1 heterocycles. The van der Waals surface area contributed by atoms with Gasteiger partial charge in [0, 0.05) is 11.9 Å². The van der Waals surface area contributed by atoms with Crippen molar-refractivity contribution in [3.8, 4) is 0 Å². The van der Waals surface area contributed by atoms with Crippen molar-refractivity contribution in [3.63, 3.8) is 0 Å². The fourth-order valence-corrected chi connectivity index (χ4v) is 2.07. The van der Waals surface area contributed by atoms with Gasteiger partial charge in [-0.1, -0.05) is 0 Å². The van der Waals surface area contributed by atoms with Crippen LogP contribution >= 0.6 is 0 Å². The highest BCUT2D eigenvalue weighted by molar-refractivity contribution is 6.04. The van der Waals surface area contributed by atoms with Crippen LogP contribution in [0.5, 0.6) is 0 Å². The molecule has 2 aromatic rings. The van der Waals surface area contributed by atoms with Crippen LogP contribution < -0.4 is 5.32 Å². The maximum absolute atomic E-state index is 12.3. The summed E-state index contributed by atoms with van der Waals surface area (Å²) in [5.41, 5.74) is 1.28. The number of rotatable bonds is 6. The van der Waals surface area contributed by atoms with Gasteiger partial charge in [0.05, 0.1) is 36.2 Å². The van der Waals surface area contributed by atoms with Crippen LogP contribution in [0, 0.1) is 6.92 Å². The molecule has 0 aliphatic carbocycles. The lowest BCUT2D eigenvalue weighted by Crippen LogP contribution is -2.16. The van der Waals surface area contributed by atoms with Gasteiger partial charge < -0.3 is 14.8 Å². The second-order valence-electron chi connectivity index (χ2n) is 5.24. The third kappa shape index (κ3) is 4.85. The third-order valence-corrected chi connectivity index (χ3v) is 3.23. The Balaban J connectivity index is 2.33. The minimum Gasteiger partial charge on any atom is -0.462 e. The molecule has 0 fully saturated rings. The lowest BCUT2D eigenvalue weighted by Gasteiger charge is -2.10. The van der Waals surface area contributed by atoms with E-state index in [1.165, 1.54) is 30.6 Å². The number of nitrogens with zero attached hydrogens (tertiary/aromatic N) is 2. The van der Waals surface area contributed by atoms with Crippen molar-refractivity contribution in [2.75, 3.05) is 18.5 Å². The van der Waals surface area contributed by atoms with Crippen molar-refractivity contribution in [1.82, 2.24) is 9.97 Å². The number of carbonyl (C=O) groups excluding carboxylic acids is 3. The van der Waals surface area contributed by atoms with Crippen molar-refractivity contribution in [2.45, 2.75) is 20.8 Å². The summed E-state index contributed by atoms with van der Waals surface area (Å²) in [4.78, 5) is 44.3. The van der Waals surface area contributed by atoms with E-state index in [0.717, 1.165) is 0 Å². The number of nitrogens with one attached hydrogen (secondary N) is 1. The van der Waals surface area contributed by atoms with E-state index in [2.05, 4.69) is 15.3 Å². The summed E-state index contributed by atoms with van der Waals surface area (Å²) in [6, 6.07) is 4.19. The van der Waals surface area contributed by atoms with E-state index >= 15 is 0 Å². The van der Waals surface area contributed by atoms with Gasteiger partial charge in [0.25, 0.3) is 5.91 Å². The Bertz CT molecular complexity index is 782. The van der Waals surface area contributed by atoms with Crippen LogP contribution in [-0.4, -0.2) is 41.0 Å². The third-order valence-electron chi connectivity index (χ3n) is 3.23. The second kappa shape index (κ2) is 8.70. The normalized spacial score (nSPS) is 10.1. The molecule has 0 radical (unpaired) electrons. The number of aromatic nitrogens is 2. The smallest absolute Gasteiger partial charge is 0.338 e. The average molecular weight is 357 g/mol. The molecule has 0 spiro atoms. The number of carbonyl (C=O) groups is 3. The van der Waals surface area contributed by atoms with E-state index in [1.807, 2.05) is 0 Å². The first-order chi connectivity index (χ1) is 12.4. The number of anilines is 1. The van der Waals surface area contributed by atoms with Crippen molar-refractivity contribution in [2.24, 2.45) is 0 Å². The van der Waals surface area contributed by atoms with Gasteiger partial charge in [-0.3, -0.25) is 9.78 Å². The van der Waals surface area contributed by atoms with Crippen molar-refractivity contribution in [3.05, 3.63) is 53.1 Å². The van der Waals surface area contributed by atoms with Crippen molar-refractivity contribution >= 4 is 23.5 Å². The van der Waals surface area contributed by atoms with Crippen LogP contribution in [0.15, 0.2) is 30.6 Å². The van der Waals surface area contributed by atoms with Crippen LogP contribution in [-0.2, 0) is 9.47 Å². The fourth-order valence-electron chi connectivity index (χ4n) is 2.07. The topological polar surface area (TPSA) is 107 Å². The minimum atomic E-state index is -0.607. The molecule has 8 heteroatoms. The van der Waals surface area contributed by atoms with Gasteiger partial charge in [-0.25, -0.2) is 14.6 Å². The highest BCUT2D eigenvalue weighted by Gasteiger charge is 2.16. The summed E-state index contributed by atoms with van der Waals surface area (Å²) >= 11 is 0. The minimum absolute atomic E-state index is 0.106. The van der Waals surface area contributed by atoms with Gasteiger partial charge in [-0.15, -0.1) is 0 Å². The van der Waals surface area contributed by atoms with E-state index in [0.29, 0.717) is 5.69 Å². The molecular weight excluding hydrogens is 338 g/mol. The first kappa shape index (κ1) is 19.0. The van der Waals surface area contributed by atoms with Crippen LogP contribution in [0.2, 0.25) is 0 Å². The number of benzene rings is 1. The summed E-state index contributed by atoms with van der Waals surface area (Å²) in [6.07, 6.45) is 2.81. The van der Waals surface area contributed by atoms with Crippen LogP contribution in [0.1, 0.15) is 50.7 Å². The summed E-state index contributed by atoms with van der Waals surface area (Å²) in [7, 11) is 0. The van der Waals surface area contributed by atoms with E-state index in [9.17, 15) is 14.4 Å². The van der Waals surface area contributed by atoms with Crippen molar-refractivity contribution < 1.29 is 23.9 Å². The molecule has 0 saturated heterocycles. The number of esters is 2. The summed E-state index contributed by atoms with van der Waals surface area (Å²) in [5, 5.41) is 2.60. The lowest BCUT2D eigenvalue weighted by molar-refractivity contribution is 0.0525. The van der Waals surface area contributed by atoms with Gasteiger partial charge in [-0.05, 0) is 39.0 Å². The average Bonchev–Trinajstić information content (AvgIpc) is 2.62.